The van der Waals surface area contributed by atoms with Crippen molar-refractivity contribution in [3.05, 3.63) is 42.1 Å². The van der Waals surface area contributed by atoms with Crippen molar-refractivity contribution in [3.63, 3.8) is 0 Å². The molecule has 0 saturated carbocycles. The summed E-state index contributed by atoms with van der Waals surface area (Å²) < 4.78 is 22.0. The second-order valence-electron chi connectivity index (χ2n) is 3.67. The summed E-state index contributed by atoms with van der Waals surface area (Å²) in [7, 11) is -1.02. The summed E-state index contributed by atoms with van der Waals surface area (Å²) in [5.41, 5.74) is 5.92. The molecule has 0 amide bonds. The average molecular weight is 318 g/mol. The first-order valence-electron chi connectivity index (χ1n) is 5.58. The minimum Gasteiger partial charge on any atom is -0.480 e. The van der Waals surface area contributed by atoms with Gasteiger partial charge in [-0.1, -0.05) is 30.3 Å². The Morgan fingerprint density at radius 2 is 2.00 bits per heavy atom. The first-order valence-corrected chi connectivity index (χ1v) is 7.34. The van der Waals surface area contributed by atoms with Crippen molar-refractivity contribution in [1.82, 2.24) is 4.31 Å². The zero-order chi connectivity index (χ0) is 15.5. The Morgan fingerprint density at radius 3 is 2.35 bits per heavy atom. The number of carboxylic acids is 1. The molecule has 1 aromatic carbocycles. The molecule has 1 atom stereocenters. The topological polar surface area (TPSA) is 101 Å². The number of nitrogens with two attached hydrogens (primary N) is 1. The van der Waals surface area contributed by atoms with Gasteiger partial charge >= 0.3 is 5.97 Å². The summed E-state index contributed by atoms with van der Waals surface area (Å²) in [5, 5.41) is 8.01. The van der Waals surface area contributed by atoms with Crippen molar-refractivity contribution in [3.8, 4) is 0 Å². The van der Waals surface area contributed by atoms with Gasteiger partial charge in [-0.25, -0.2) is 8.42 Å². The van der Waals surface area contributed by atoms with Gasteiger partial charge in [0.1, 0.15) is 6.04 Å². The molecule has 1 rings (SSSR count). The molecular formula is C12H18N2O4S2. The molecule has 20 heavy (non-hydrogen) atoms. The second-order valence-corrected chi connectivity index (χ2v) is 5.14. The number of carboxylic acid groups (broad SMARTS) is 1. The maximum Gasteiger partial charge on any atom is 0.321 e. The second kappa shape index (κ2) is 10.3. The highest BCUT2D eigenvalue weighted by Gasteiger charge is 2.06. The highest BCUT2D eigenvalue weighted by Crippen LogP contribution is 2.01. The van der Waals surface area contributed by atoms with E-state index in [1.165, 1.54) is 13.2 Å². The molecule has 0 aliphatic rings. The van der Waals surface area contributed by atoms with Crippen LogP contribution >= 0.6 is 12.6 Å². The van der Waals surface area contributed by atoms with Crippen LogP contribution in [0.15, 0.2) is 36.5 Å². The van der Waals surface area contributed by atoms with Crippen molar-refractivity contribution < 1.29 is 18.3 Å². The van der Waals surface area contributed by atoms with Gasteiger partial charge in [-0.05, 0) is 11.6 Å². The summed E-state index contributed by atoms with van der Waals surface area (Å²) >= 11 is 3.65. The number of hydrogen-bond donors (Lipinski definition) is 4. The van der Waals surface area contributed by atoms with Gasteiger partial charge in [0.15, 0.2) is 0 Å². The summed E-state index contributed by atoms with van der Waals surface area (Å²) in [5.74, 6) is -0.815. The Hall–Kier alpha value is -1.51. The molecule has 0 bridgehead atoms. The van der Waals surface area contributed by atoms with Crippen LogP contribution in [0.1, 0.15) is 5.56 Å². The van der Waals surface area contributed by atoms with E-state index in [9.17, 15) is 13.2 Å². The molecular weight excluding hydrogens is 300 g/mol. The maximum atomic E-state index is 10.4. The molecule has 8 heteroatoms. The normalized spacial score (nSPS) is 11.8. The quantitative estimate of drug-likeness (QED) is 0.590. The van der Waals surface area contributed by atoms with Crippen LogP contribution in [0.4, 0.5) is 0 Å². The molecule has 0 aromatic heterocycles. The standard InChI is InChI=1S/C9H11NO2S.C3H7NO2S/c1-10(13(11)12)8-7-9-5-3-2-4-6-9;4-2(1-7)3(5)6/h2-8,13H,1H3;2,7H,1,4H2,(H,5,6). The van der Waals surface area contributed by atoms with E-state index in [1.54, 1.807) is 6.08 Å². The first-order chi connectivity index (χ1) is 9.38. The SMILES string of the molecule is CN(C=Cc1ccccc1)[SH](=O)=O.NC(CS)C(=O)O. The number of benzene rings is 1. The Kier molecular flexibility index (Phi) is 9.52. The molecule has 1 aromatic rings. The summed E-state index contributed by atoms with van der Waals surface area (Å²) in [6, 6.07) is 8.70. The van der Waals surface area contributed by atoms with Gasteiger partial charge in [0.2, 0.25) is 10.9 Å². The average Bonchev–Trinajstić information content (AvgIpc) is 2.45. The van der Waals surface area contributed by atoms with Crippen LogP contribution in [0, 0.1) is 0 Å². The third kappa shape index (κ3) is 8.57. The summed E-state index contributed by atoms with van der Waals surface area (Å²) in [6.45, 7) is 0. The Morgan fingerprint density at radius 1 is 1.45 bits per heavy atom. The van der Waals surface area contributed by atoms with Crippen LogP contribution in [-0.2, 0) is 15.7 Å². The van der Waals surface area contributed by atoms with Crippen molar-refractivity contribution >= 4 is 35.6 Å². The van der Waals surface area contributed by atoms with Gasteiger partial charge in [-0.3, -0.25) is 9.10 Å². The summed E-state index contributed by atoms with van der Waals surface area (Å²) in [6.07, 6.45) is 3.26. The van der Waals surface area contributed by atoms with E-state index < -0.39 is 22.9 Å². The lowest BCUT2D eigenvalue weighted by Gasteiger charge is -2.01. The fraction of sp³-hybridized carbons (Fsp3) is 0.250. The van der Waals surface area contributed by atoms with Gasteiger partial charge in [-0.2, -0.15) is 12.6 Å². The number of carbonyl (C=O) groups is 1. The molecule has 3 N–H and O–H groups in total. The minimum absolute atomic E-state index is 0.190. The zero-order valence-electron chi connectivity index (χ0n) is 10.9. The number of aliphatic carboxylic acids is 1. The number of nitrogens with zero attached hydrogens (tertiary/aromatic N) is 1. The van der Waals surface area contributed by atoms with Crippen LogP contribution < -0.4 is 5.73 Å². The number of thiol groups is 2. The van der Waals surface area contributed by atoms with Gasteiger partial charge in [0.25, 0.3) is 0 Å². The predicted octanol–water partition coefficient (Wildman–Crippen LogP) is 0.444. The Bertz CT molecular complexity index is 495. The van der Waals surface area contributed by atoms with Crippen molar-refractivity contribution in [1.29, 1.82) is 0 Å². The zero-order valence-corrected chi connectivity index (χ0v) is 12.7. The number of rotatable bonds is 5. The van der Waals surface area contributed by atoms with Crippen LogP contribution in [0.5, 0.6) is 0 Å². The lowest BCUT2D eigenvalue weighted by molar-refractivity contribution is -0.137. The van der Waals surface area contributed by atoms with Crippen molar-refractivity contribution in [2.45, 2.75) is 6.04 Å². The van der Waals surface area contributed by atoms with Gasteiger partial charge in [0, 0.05) is 19.0 Å². The van der Waals surface area contributed by atoms with E-state index in [0.717, 1.165) is 9.87 Å². The first kappa shape index (κ1) is 18.5. The Balaban J connectivity index is 0.000000441. The third-order valence-electron chi connectivity index (χ3n) is 2.05. The molecule has 0 heterocycles. The predicted molar refractivity (Wildman–Crippen MR) is 83.0 cm³/mol. The molecule has 6 nitrogen and oxygen atoms in total. The highest BCUT2D eigenvalue weighted by atomic mass is 32.2. The lowest BCUT2D eigenvalue weighted by atomic mass is 10.2. The number of hydrogen-bond acceptors (Lipinski definition) is 5. The molecule has 0 fully saturated rings. The summed E-state index contributed by atoms with van der Waals surface area (Å²) in [4.78, 5) is 9.76. The van der Waals surface area contributed by atoms with Gasteiger partial charge in [0.05, 0.1) is 0 Å². The van der Waals surface area contributed by atoms with E-state index in [-0.39, 0.29) is 5.75 Å². The van der Waals surface area contributed by atoms with E-state index >= 15 is 0 Å². The van der Waals surface area contributed by atoms with Crippen LogP contribution in [0.3, 0.4) is 0 Å². The molecule has 0 aliphatic carbocycles. The molecule has 0 radical (unpaired) electrons. The van der Waals surface area contributed by atoms with Crippen molar-refractivity contribution in [2.75, 3.05) is 12.8 Å². The molecule has 112 valence electrons. The van der Waals surface area contributed by atoms with E-state index in [0.29, 0.717) is 0 Å². The van der Waals surface area contributed by atoms with E-state index in [2.05, 4.69) is 12.6 Å². The lowest BCUT2D eigenvalue weighted by Crippen LogP contribution is -2.31. The Labute approximate surface area is 125 Å². The van der Waals surface area contributed by atoms with E-state index in [4.69, 9.17) is 10.8 Å². The fourth-order valence-corrected chi connectivity index (χ4v) is 1.22. The minimum atomic E-state index is -2.51. The monoisotopic (exact) mass is 318 g/mol. The largest absolute Gasteiger partial charge is 0.480 e. The molecule has 0 spiro atoms. The fourth-order valence-electron chi connectivity index (χ4n) is 0.891. The molecule has 1 unspecified atom stereocenters. The van der Waals surface area contributed by atoms with Crippen LogP contribution in [0.2, 0.25) is 0 Å². The van der Waals surface area contributed by atoms with Gasteiger partial charge in [-0.15, -0.1) is 0 Å². The van der Waals surface area contributed by atoms with Crippen molar-refractivity contribution in [2.24, 2.45) is 5.73 Å². The van der Waals surface area contributed by atoms with Crippen LogP contribution in [0.25, 0.3) is 6.08 Å². The maximum absolute atomic E-state index is 10.4. The molecule has 0 aliphatic heterocycles. The molecule has 0 saturated heterocycles. The van der Waals surface area contributed by atoms with Gasteiger partial charge < -0.3 is 10.8 Å². The highest BCUT2D eigenvalue weighted by molar-refractivity contribution is 7.80. The van der Waals surface area contributed by atoms with E-state index in [1.807, 2.05) is 30.3 Å². The van der Waals surface area contributed by atoms with Crippen LogP contribution in [-0.4, -0.2) is 42.6 Å². The smallest absolute Gasteiger partial charge is 0.321 e. The third-order valence-corrected chi connectivity index (χ3v) is 3.10.